The first-order valence-electron chi connectivity index (χ1n) is 5.85. The van der Waals surface area contributed by atoms with Crippen LogP contribution in [0.5, 0.6) is 0 Å². The smallest absolute Gasteiger partial charge is 0.257 e. The van der Waals surface area contributed by atoms with Crippen LogP contribution in [0.15, 0.2) is 47.4 Å². The number of halogens is 1. The van der Waals surface area contributed by atoms with Crippen molar-refractivity contribution in [3.8, 4) is 0 Å². The fourth-order valence-corrected chi connectivity index (χ4v) is 2.28. The van der Waals surface area contributed by atoms with Gasteiger partial charge in [0.05, 0.1) is 11.3 Å². The van der Waals surface area contributed by atoms with Crippen LogP contribution in [-0.2, 0) is 0 Å². The highest BCUT2D eigenvalue weighted by Gasteiger charge is 2.12. The molecule has 2 aromatic carbocycles. The van der Waals surface area contributed by atoms with Gasteiger partial charge >= 0.3 is 0 Å². The van der Waals surface area contributed by atoms with E-state index >= 15 is 0 Å². The number of nitrogens with two attached hydrogens (primary N) is 1. The van der Waals surface area contributed by atoms with Crippen molar-refractivity contribution < 1.29 is 4.79 Å². The second kappa shape index (κ2) is 6.65. The molecule has 2 aromatic rings. The Morgan fingerprint density at radius 2 is 1.90 bits per heavy atom. The highest BCUT2D eigenvalue weighted by Crippen LogP contribution is 2.22. The number of carbonyl (C=O) groups is 1. The zero-order valence-corrected chi connectivity index (χ0v) is 12.4. The van der Waals surface area contributed by atoms with E-state index in [1.807, 2.05) is 30.5 Å². The first-order valence-corrected chi connectivity index (χ1v) is 7.46. The minimum absolute atomic E-state index is 0.266. The Morgan fingerprint density at radius 3 is 2.50 bits per heavy atom. The van der Waals surface area contributed by atoms with Crippen LogP contribution in [0.2, 0.25) is 5.02 Å². The lowest BCUT2D eigenvalue weighted by molar-refractivity contribution is 0.102. The molecule has 0 saturated heterocycles. The fourth-order valence-electron chi connectivity index (χ4n) is 1.70. The number of benzene rings is 2. The largest absolute Gasteiger partial charge is 0.323 e. The molecule has 2 rings (SSSR count). The third-order valence-corrected chi connectivity index (χ3v) is 3.71. The van der Waals surface area contributed by atoms with Crippen molar-refractivity contribution in [1.82, 2.24) is 0 Å². The van der Waals surface area contributed by atoms with Crippen molar-refractivity contribution >= 4 is 40.6 Å². The average molecular weight is 308 g/mol. The van der Waals surface area contributed by atoms with Gasteiger partial charge in [-0.25, -0.2) is 0 Å². The molecule has 0 aliphatic carbocycles. The van der Waals surface area contributed by atoms with E-state index in [1.54, 1.807) is 30.0 Å². The molecule has 0 bridgehead atoms. The van der Waals surface area contributed by atoms with E-state index in [4.69, 9.17) is 17.4 Å². The normalized spacial score (nSPS) is 10.2. The van der Waals surface area contributed by atoms with Gasteiger partial charge in [0.1, 0.15) is 0 Å². The standard InChI is InChI=1S/C14H14ClN3OS/c1-20-11-5-3-10(4-6-11)17-14(19)12-8-9(15)2-7-13(12)18-16/h2-8,18H,16H2,1H3,(H,17,19). The van der Waals surface area contributed by atoms with Crippen LogP contribution in [0, 0.1) is 0 Å². The quantitative estimate of drug-likeness (QED) is 0.459. The Bertz CT molecular complexity index is 616. The molecule has 0 radical (unpaired) electrons. The Hall–Kier alpha value is -1.69. The Balaban J connectivity index is 2.20. The summed E-state index contributed by atoms with van der Waals surface area (Å²) in [6, 6.07) is 12.5. The van der Waals surface area contributed by atoms with E-state index in [0.29, 0.717) is 16.3 Å². The molecule has 4 nitrogen and oxygen atoms in total. The zero-order valence-electron chi connectivity index (χ0n) is 10.8. The summed E-state index contributed by atoms with van der Waals surface area (Å²) in [5, 5.41) is 3.29. The Morgan fingerprint density at radius 1 is 1.20 bits per heavy atom. The topological polar surface area (TPSA) is 67.2 Å². The Kier molecular flexibility index (Phi) is 4.89. The number of hydrazine groups is 1. The van der Waals surface area contributed by atoms with Crippen molar-refractivity contribution in [1.29, 1.82) is 0 Å². The Labute approximate surface area is 126 Å². The lowest BCUT2D eigenvalue weighted by Crippen LogP contribution is -2.17. The number of carbonyl (C=O) groups excluding carboxylic acids is 1. The molecule has 0 unspecified atom stereocenters. The minimum Gasteiger partial charge on any atom is -0.323 e. The summed E-state index contributed by atoms with van der Waals surface area (Å²) in [4.78, 5) is 13.4. The number of nitrogen functional groups attached to an aromatic ring is 1. The van der Waals surface area contributed by atoms with Gasteiger partial charge in [-0.2, -0.15) is 0 Å². The third-order valence-electron chi connectivity index (χ3n) is 2.73. The van der Waals surface area contributed by atoms with Crippen LogP contribution in [0.25, 0.3) is 0 Å². The molecule has 20 heavy (non-hydrogen) atoms. The van der Waals surface area contributed by atoms with Gasteiger partial charge in [-0.05, 0) is 48.7 Å². The molecule has 104 valence electrons. The fraction of sp³-hybridized carbons (Fsp3) is 0.0714. The maximum Gasteiger partial charge on any atom is 0.257 e. The van der Waals surface area contributed by atoms with Gasteiger partial charge in [-0.15, -0.1) is 11.8 Å². The summed E-state index contributed by atoms with van der Waals surface area (Å²) in [5.41, 5.74) is 4.12. The summed E-state index contributed by atoms with van der Waals surface area (Å²) in [6.45, 7) is 0. The number of hydrogen-bond donors (Lipinski definition) is 3. The molecule has 1 amide bonds. The zero-order chi connectivity index (χ0) is 14.5. The van der Waals surface area contributed by atoms with Crippen LogP contribution in [0.3, 0.4) is 0 Å². The third kappa shape index (κ3) is 3.45. The molecule has 0 heterocycles. The molecule has 0 aromatic heterocycles. The first-order chi connectivity index (χ1) is 9.63. The van der Waals surface area contributed by atoms with Gasteiger partial charge in [0.2, 0.25) is 0 Å². The molecule has 0 saturated carbocycles. The monoisotopic (exact) mass is 307 g/mol. The summed E-state index contributed by atoms with van der Waals surface area (Å²) in [6.07, 6.45) is 2.00. The van der Waals surface area contributed by atoms with Crippen molar-refractivity contribution in [2.45, 2.75) is 4.90 Å². The van der Waals surface area contributed by atoms with E-state index in [9.17, 15) is 4.79 Å². The second-order valence-electron chi connectivity index (χ2n) is 4.02. The van der Waals surface area contributed by atoms with Crippen molar-refractivity contribution in [2.24, 2.45) is 5.84 Å². The summed E-state index contributed by atoms with van der Waals surface area (Å²) >= 11 is 7.55. The molecule has 6 heteroatoms. The molecule has 0 atom stereocenters. The van der Waals surface area contributed by atoms with E-state index in [2.05, 4.69) is 10.7 Å². The van der Waals surface area contributed by atoms with Crippen LogP contribution in [0.1, 0.15) is 10.4 Å². The van der Waals surface area contributed by atoms with Crippen molar-refractivity contribution in [2.75, 3.05) is 17.0 Å². The number of anilines is 2. The lowest BCUT2D eigenvalue weighted by Gasteiger charge is -2.10. The SMILES string of the molecule is CSc1ccc(NC(=O)c2cc(Cl)ccc2NN)cc1. The maximum atomic E-state index is 12.2. The van der Waals surface area contributed by atoms with E-state index in [-0.39, 0.29) is 5.91 Å². The van der Waals surface area contributed by atoms with E-state index in [1.165, 1.54) is 0 Å². The predicted octanol–water partition coefficient (Wildman–Crippen LogP) is 3.60. The van der Waals surface area contributed by atoms with E-state index in [0.717, 1.165) is 10.6 Å². The summed E-state index contributed by atoms with van der Waals surface area (Å²) in [7, 11) is 0. The molecular formula is C14H14ClN3OS. The van der Waals surface area contributed by atoms with Crippen LogP contribution < -0.4 is 16.6 Å². The summed E-state index contributed by atoms with van der Waals surface area (Å²) in [5.74, 6) is 5.13. The molecule has 4 N–H and O–H groups in total. The van der Waals surface area contributed by atoms with Gasteiger partial charge in [-0.1, -0.05) is 11.6 Å². The molecule has 0 fully saturated rings. The van der Waals surface area contributed by atoms with Crippen molar-refractivity contribution in [3.05, 3.63) is 53.1 Å². The molecule has 0 aliphatic rings. The average Bonchev–Trinajstić information content (AvgIpc) is 2.48. The molecule has 0 aliphatic heterocycles. The van der Waals surface area contributed by atoms with Crippen LogP contribution in [-0.4, -0.2) is 12.2 Å². The van der Waals surface area contributed by atoms with Crippen molar-refractivity contribution in [3.63, 3.8) is 0 Å². The number of nitrogens with one attached hydrogen (secondary N) is 2. The number of hydrogen-bond acceptors (Lipinski definition) is 4. The molecular weight excluding hydrogens is 294 g/mol. The second-order valence-corrected chi connectivity index (χ2v) is 5.33. The van der Waals surface area contributed by atoms with Crippen LogP contribution >= 0.6 is 23.4 Å². The van der Waals surface area contributed by atoms with E-state index < -0.39 is 0 Å². The van der Waals surface area contributed by atoms with Gasteiger partial charge in [0.25, 0.3) is 5.91 Å². The highest BCUT2D eigenvalue weighted by molar-refractivity contribution is 7.98. The highest BCUT2D eigenvalue weighted by atomic mass is 35.5. The van der Waals surface area contributed by atoms with Gasteiger partial charge in [0.15, 0.2) is 0 Å². The number of rotatable bonds is 4. The first kappa shape index (κ1) is 14.7. The lowest BCUT2D eigenvalue weighted by atomic mass is 10.1. The number of thioether (sulfide) groups is 1. The molecule has 0 spiro atoms. The number of amides is 1. The van der Waals surface area contributed by atoms with Gasteiger partial charge in [0, 0.05) is 15.6 Å². The van der Waals surface area contributed by atoms with Gasteiger partial charge < -0.3 is 10.7 Å². The van der Waals surface area contributed by atoms with Crippen LogP contribution in [0.4, 0.5) is 11.4 Å². The minimum atomic E-state index is -0.266. The predicted molar refractivity (Wildman–Crippen MR) is 85.4 cm³/mol. The maximum absolute atomic E-state index is 12.2. The van der Waals surface area contributed by atoms with Gasteiger partial charge in [-0.3, -0.25) is 10.6 Å². The summed E-state index contributed by atoms with van der Waals surface area (Å²) < 4.78 is 0.